The highest BCUT2D eigenvalue weighted by molar-refractivity contribution is 5.92. The molecule has 1 aromatic heterocycles. The third-order valence-electron chi connectivity index (χ3n) is 3.65. The predicted octanol–water partition coefficient (Wildman–Crippen LogP) is 1.68. The summed E-state index contributed by atoms with van der Waals surface area (Å²) in [6.45, 7) is 2.57. The van der Waals surface area contributed by atoms with Gasteiger partial charge in [-0.25, -0.2) is 9.37 Å². The SMILES string of the molecule is CNCCC1CCN(C(=O)c2ccc(F)cn2)CC1. The number of hydrogen-bond donors (Lipinski definition) is 1. The number of amides is 1. The maximum Gasteiger partial charge on any atom is 0.272 e. The van der Waals surface area contributed by atoms with Gasteiger partial charge in [0, 0.05) is 13.1 Å². The molecule has 5 heteroatoms. The lowest BCUT2D eigenvalue weighted by atomic mass is 9.93. The van der Waals surface area contributed by atoms with E-state index in [0.29, 0.717) is 11.6 Å². The molecule has 1 fully saturated rings. The molecule has 1 N–H and O–H groups in total. The van der Waals surface area contributed by atoms with Crippen molar-refractivity contribution in [2.24, 2.45) is 5.92 Å². The number of hydrogen-bond acceptors (Lipinski definition) is 3. The van der Waals surface area contributed by atoms with Crippen molar-refractivity contribution in [1.82, 2.24) is 15.2 Å². The minimum Gasteiger partial charge on any atom is -0.337 e. The molecule has 0 saturated carbocycles. The highest BCUT2D eigenvalue weighted by atomic mass is 19.1. The molecular weight excluding hydrogens is 245 g/mol. The van der Waals surface area contributed by atoms with Gasteiger partial charge in [0.2, 0.25) is 0 Å². The van der Waals surface area contributed by atoms with Gasteiger partial charge in [-0.05, 0) is 50.9 Å². The summed E-state index contributed by atoms with van der Waals surface area (Å²) in [5, 5.41) is 3.15. The summed E-state index contributed by atoms with van der Waals surface area (Å²) in [6, 6.07) is 2.73. The number of pyridine rings is 1. The van der Waals surface area contributed by atoms with Crippen LogP contribution in [-0.2, 0) is 0 Å². The maximum absolute atomic E-state index is 12.8. The molecule has 1 aromatic rings. The van der Waals surface area contributed by atoms with E-state index in [-0.39, 0.29) is 5.91 Å². The molecule has 19 heavy (non-hydrogen) atoms. The molecule has 1 aliphatic rings. The van der Waals surface area contributed by atoms with Crippen LogP contribution in [0.5, 0.6) is 0 Å². The van der Waals surface area contributed by atoms with Crippen LogP contribution in [0.4, 0.5) is 4.39 Å². The average Bonchev–Trinajstić information content (AvgIpc) is 2.46. The van der Waals surface area contributed by atoms with Crippen LogP contribution in [-0.4, -0.2) is 42.5 Å². The summed E-state index contributed by atoms with van der Waals surface area (Å²) in [7, 11) is 1.96. The van der Waals surface area contributed by atoms with Crippen molar-refractivity contribution in [3.8, 4) is 0 Å². The van der Waals surface area contributed by atoms with Crippen LogP contribution in [0.2, 0.25) is 0 Å². The van der Waals surface area contributed by atoms with Crippen LogP contribution in [0.25, 0.3) is 0 Å². The molecule has 1 amide bonds. The molecule has 104 valence electrons. The third kappa shape index (κ3) is 3.73. The van der Waals surface area contributed by atoms with Crippen molar-refractivity contribution >= 4 is 5.91 Å². The van der Waals surface area contributed by atoms with Gasteiger partial charge < -0.3 is 10.2 Å². The standard InChI is InChI=1S/C14H20FN3O/c1-16-7-4-11-5-8-18(9-6-11)14(19)13-3-2-12(15)10-17-13/h2-3,10-11,16H,4-9H2,1H3. The number of carbonyl (C=O) groups is 1. The molecule has 4 nitrogen and oxygen atoms in total. The van der Waals surface area contributed by atoms with Gasteiger partial charge in [-0.2, -0.15) is 0 Å². The van der Waals surface area contributed by atoms with Gasteiger partial charge >= 0.3 is 0 Å². The van der Waals surface area contributed by atoms with E-state index in [9.17, 15) is 9.18 Å². The van der Waals surface area contributed by atoms with Crippen molar-refractivity contribution in [3.63, 3.8) is 0 Å². The van der Waals surface area contributed by atoms with Crippen molar-refractivity contribution in [2.75, 3.05) is 26.7 Å². The summed E-state index contributed by atoms with van der Waals surface area (Å²) >= 11 is 0. The smallest absolute Gasteiger partial charge is 0.272 e. The number of carbonyl (C=O) groups excluding carboxylic acids is 1. The molecule has 0 bridgehead atoms. The second-order valence-electron chi connectivity index (χ2n) is 4.99. The largest absolute Gasteiger partial charge is 0.337 e. The normalized spacial score (nSPS) is 16.6. The number of nitrogens with one attached hydrogen (secondary N) is 1. The van der Waals surface area contributed by atoms with Crippen LogP contribution in [0.1, 0.15) is 29.8 Å². The molecule has 0 unspecified atom stereocenters. The van der Waals surface area contributed by atoms with Gasteiger partial charge in [0.1, 0.15) is 11.5 Å². The quantitative estimate of drug-likeness (QED) is 0.901. The van der Waals surface area contributed by atoms with E-state index in [2.05, 4.69) is 10.3 Å². The average molecular weight is 265 g/mol. The molecular formula is C14H20FN3O. The van der Waals surface area contributed by atoms with E-state index in [1.807, 2.05) is 11.9 Å². The zero-order chi connectivity index (χ0) is 13.7. The zero-order valence-electron chi connectivity index (χ0n) is 11.2. The topological polar surface area (TPSA) is 45.2 Å². The molecule has 0 aromatic carbocycles. The molecule has 0 atom stereocenters. The third-order valence-corrected chi connectivity index (χ3v) is 3.65. The Morgan fingerprint density at radius 3 is 2.79 bits per heavy atom. The van der Waals surface area contributed by atoms with Gasteiger partial charge in [0.05, 0.1) is 6.20 Å². The number of rotatable bonds is 4. The highest BCUT2D eigenvalue weighted by Crippen LogP contribution is 2.21. The van der Waals surface area contributed by atoms with Gasteiger partial charge in [0.15, 0.2) is 0 Å². The van der Waals surface area contributed by atoms with Crippen LogP contribution in [0.3, 0.4) is 0 Å². The Kier molecular flexibility index (Phi) is 4.85. The first kappa shape index (κ1) is 13.9. The summed E-state index contributed by atoms with van der Waals surface area (Å²) < 4.78 is 12.8. The van der Waals surface area contributed by atoms with Crippen LogP contribution in [0.15, 0.2) is 18.3 Å². The lowest BCUT2D eigenvalue weighted by Crippen LogP contribution is -2.39. The predicted molar refractivity (Wildman–Crippen MR) is 71.4 cm³/mol. The van der Waals surface area contributed by atoms with E-state index in [0.717, 1.165) is 45.1 Å². The fourth-order valence-electron chi connectivity index (χ4n) is 2.44. The minimum absolute atomic E-state index is 0.0907. The minimum atomic E-state index is -0.415. The molecule has 2 rings (SSSR count). The van der Waals surface area contributed by atoms with Gasteiger partial charge in [-0.1, -0.05) is 0 Å². The summed E-state index contributed by atoms with van der Waals surface area (Å²) in [4.78, 5) is 17.8. The number of likely N-dealkylation sites (tertiary alicyclic amines) is 1. The van der Waals surface area contributed by atoms with Crippen molar-refractivity contribution in [1.29, 1.82) is 0 Å². The Labute approximate surface area is 113 Å². The summed E-state index contributed by atoms with van der Waals surface area (Å²) in [5.74, 6) is 0.187. The summed E-state index contributed by atoms with van der Waals surface area (Å²) in [5.41, 5.74) is 0.329. The maximum atomic E-state index is 12.8. The molecule has 1 aliphatic heterocycles. The van der Waals surface area contributed by atoms with Crippen molar-refractivity contribution in [2.45, 2.75) is 19.3 Å². The highest BCUT2D eigenvalue weighted by Gasteiger charge is 2.23. The van der Waals surface area contributed by atoms with E-state index >= 15 is 0 Å². The number of halogens is 1. The Bertz CT molecular complexity index is 413. The monoisotopic (exact) mass is 265 g/mol. The van der Waals surface area contributed by atoms with Crippen molar-refractivity contribution < 1.29 is 9.18 Å². The molecule has 0 radical (unpaired) electrons. The Morgan fingerprint density at radius 1 is 1.47 bits per heavy atom. The van der Waals surface area contributed by atoms with Gasteiger partial charge in [-0.15, -0.1) is 0 Å². The fourth-order valence-corrected chi connectivity index (χ4v) is 2.44. The Balaban J connectivity index is 1.87. The first-order chi connectivity index (χ1) is 9.20. The molecule has 1 saturated heterocycles. The Morgan fingerprint density at radius 2 is 2.21 bits per heavy atom. The van der Waals surface area contributed by atoms with E-state index in [1.165, 1.54) is 12.1 Å². The lowest BCUT2D eigenvalue weighted by molar-refractivity contribution is 0.0681. The first-order valence-electron chi connectivity index (χ1n) is 6.76. The van der Waals surface area contributed by atoms with Crippen LogP contribution >= 0.6 is 0 Å². The number of piperidine rings is 1. The van der Waals surface area contributed by atoms with Crippen molar-refractivity contribution in [3.05, 3.63) is 29.8 Å². The van der Waals surface area contributed by atoms with Gasteiger partial charge in [0.25, 0.3) is 5.91 Å². The molecule has 0 spiro atoms. The van der Waals surface area contributed by atoms with E-state index in [1.54, 1.807) is 0 Å². The number of aromatic nitrogens is 1. The zero-order valence-corrected chi connectivity index (χ0v) is 11.2. The second-order valence-corrected chi connectivity index (χ2v) is 4.99. The van der Waals surface area contributed by atoms with Crippen LogP contribution in [0, 0.1) is 11.7 Å². The summed E-state index contributed by atoms with van der Waals surface area (Å²) in [6.07, 6.45) is 4.32. The van der Waals surface area contributed by atoms with Crippen LogP contribution < -0.4 is 5.32 Å². The van der Waals surface area contributed by atoms with Gasteiger partial charge in [-0.3, -0.25) is 4.79 Å². The van der Waals surface area contributed by atoms with E-state index in [4.69, 9.17) is 0 Å². The van der Waals surface area contributed by atoms with E-state index < -0.39 is 5.82 Å². The molecule has 2 heterocycles. The second kappa shape index (κ2) is 6.61. The first-order valence-corrected chi connectivity index (χ1v) is 6.76. The fraction of sp³-hybridized carbons (Fsp3) is 0.571. The lowest BCUT2D eigenvalue weighted by Gasteiger charge is -2.31. The Hall–Kier alpha value is -1.49. The molecule has 0 aliphatic carbocycles. The number of nitrogens with zero attached hydrogens (tertiary/aromatic N) is 2.